The largest absolute Gasteiger partial charge is 0.395 e. The molecule has 2 aliphatic heterocycles. The van der Waals surface area contributed by atoms with Crippen LogP contribution in [-0.4, -0.2) is 78.8 Å². The molecular formula is C18H22N4O5. The Labute approximate surface area is 156 Å². The van der Waals surface area contributed by atoms with Gasteiger partial charge in [0.25, 0.3) is 17.7 Å². The summed E-state index contributed by atoms with van der Waals surface area (Å²) in [6.07, 6.45) is 1.17. The number of benzene rings is 1. The van der Waals surface area contributed by atoms with Crippen molar-refractivity contribution in [2.24, 2.45) is 0 Å². The van der Waals surface area contributed by atoms with E-state index >= 15 is 0 Å². The van der Waals surface area contributed by atoms with Crippen molar-refractivity contribution < 1.29 is 24.2 Å². The predicted octanol–water partition coefficient (Wildman–Crippen LogP) is -0.637. The highest BCUT2D eigenvalue weighted by Crippen LogP contribution is 2.20. The van der Waals surface area contributed by atoms with Gasteiger partial charge in [-0.25, -0.2) is 0 Å². The van der Waals surface area contributed by atoms with Crippen molar-refractivity contribution in [3.8, 4) is 0 Å². The summed E-state index contributed by atoms with van der Waals surface area (Å²) in [5.41, 5.74) is 0.865. The first-order valence-corrected chi connectivity index (χ1v) is 8.73. The van der Waals surface area contributed by atoms with Gasteiger partial charge in [-0.1, -0.05) is 12.1 Å². The number of para-hydroxylation sites is 1. The molecule has 2 aliphatic rings. The van der Waals surface area contributed by atoms with E-state index in [1.165, 1.54) is 6.08 Å². The van der Waals surface area contributed by atoms with Crippen LogP contribution in [0.1, 0.15) is 10.4 Å². The molecule has 27 heavy (non-hydrogen) atoms. The first-order chi connectivity index (χ1) is 13.1. The Morgan fingerprint density at radius 3 is 2.67 bits per heavy atom. The van der Waals surface area contributed by atoms with Gasteiger partial charge in [-0.05, 0) is 12.1 Å². The summed E-state index contributed by atoms with van der Waals surface area (Å²) < 4.78 is 5.28. The van der Waals surface area contributed by atoms with E-state index in [9.17, 15) is 14.4 Å². The minimum absolute atomic E-state index is 0.0684. The van der Waals surface area contributed by atoms with Crippen LogP contribution in [0.25, 0.3) is 0 Å². The van der Waals surface area contributed by atoms with Crippen molar-refractivity contribution in [2.75, 3.05) is 51.4 Å². The number of hydrogen-bond acceptors (Lipinski definition) is 7. The van der Waals surface area contributed by atoms with E-state index in [2.05, 4.69) is 15.5 Å². The van der Waals surface area contributed by atoms with Gasteiger partial charge in [0.1, 0.15) is 5.70 Å². The van der Waals surface area contributed by atoms with E-state index in [1.54, 1.807) is 24.3 Å². The molecule has 0 radical (unpaired) electrons. The Bertz CT molecular complexity index is 758. The molecule has 0 spiro atoms. The number of carbonyl (C=O) groups excluding carboxylic acids is 3. The zero-order valence-electron chi connectivity index (χ0n) is 14.8. The van der Waals surface area contributed by atoms with Crippen LogP contribution in [0.3, 0.4) is 0 Å². The number of aliphatic hydroxyl groups excluding tert-OH is 1. The number of ether oxygens (including phenoxy) is 1. The summed E-state index contributed by atoms with van der Waals surface area (Å²) in [4.78, 5) is 39.7. The highest BCUT2D eigenvalue weighted by molar-refractivity contribution is 6.17. The average Bonchev–Trinajstić information content (AvgIpc) is 2.95. The fourth-order valence-electron chi connectivity index (χ4n) is 2.88. The van der Waals surface area contributed by atoms with Crippen molar-refractivity contribution in [3.63, 3.8) is 0 Å². The average molecular weight is 374 g/mol. The van der Waals surface area contributed by atoms with Crippen LogP contribution in [0.5, 0.6) is 0 Å². The number of amides is 3. The molecule has 9 heteroatoms. The summed E-state index contributed by atoms with van der Waals surface area (Å²) in [5, 5.41) is 14.7. The molecule has 0 bridgehead atoms. The molecule has 0 unspecified atom stereocenters. The predicted molar refractivity (Wildman–Crippen MR) is 96.7 cm³/mol. The second-order valence-corrected chi connectivity index (χ2v) is 6.14. The molecule has 0 aliphatic carbocycles. The smallest absolute Gasteiger partial charge is 0.277 e. The summed E-state index contributed by atoms with van der Waals surface area (Å²) >= 11 is 0. The van der Waals surface area contributed by atoms with Crippen molar-refractivity contribution in [3.05, 3.63) is 41.6 Å². The van der Waals surface area contributed by atoms with Crippen LogP contribution in [0.2, 0.25) is 0 Å². The molecule has 1 saturated heterocycles. The number of morpholine rings is 1. The lowest BCUT2D eigenvalue weighted by Crippen LogP contribution is -2.43. The maximum atomic E-state index is 12.6. The Morgan fingerprint density at radius 2 is 1.93 bits per heavy atom. The number of nitrogens with zero attached hydrogens (tertiary/aromatic N) is 2. The van der Waals surface area contributed by atoms with E-state index in [0.717, 1.165) is 18.0 Å². The molecule has 0 atom stereocenters. The van der Waals surface area contributed by atoms with Crippen LogP contribution in [-0.2, 0) is 14.3 Å². The Morgan fingerprint density at radius 1 is 1.19 bits per heavy atom. The van der Waals surface area contributed by atoms with Crippen molar-refractivity contribution in [2.45, 2.75) is 0 Å². The van der Waals surface area contributed by atoms with Crippen LogP contribution in [0, 0.1) is 0 Å². The van der Waals surface area contributed by atoms with Crippen molar-refractivity contribution >= 4 is 23.4 Å². The molecule has 3 amide bonds. The number of aliphatic hydroxyl groups is 1. The molecule has 3 rings (SSSR count). The van der Waals surface area contributed by atoms with E-state index in [0.29, 0.717) is 31.1 Å². The molecular weight excluding hydrogens is 352 g/mol. The number of anilines is 1. The first-order valence-electron chi connectivity index (χ1n) is 8.73. The van der Waals surface area contributed by atoms with Crippen LogP contribution >= 0.6 is 0 Å². The van der Waals surface area contributed by atoms with Gasteiger partial charge in [0.05, 0.1) is 44.3 Å². The summed E-state index contributed by atoms with van der Waals surface area (Å²) in [6.45, 7) is 2.82. The Kier molecular flexibility index (Phi) is 6.17. The second-order valence-electron chi connectivity index (χ2n) is 6.14. The van der Waals surface area contributed by atoms with Crippen LogP contribution < -0.4 is 10.6 Å². The lowest BCUT2D eigenvalue weighted by molar-refractivity contribution is -0.137. The Balaban J connectivity index is 1.67. The second kappa shape index (κ2) is 8.76. The van der Waals surface area contributed by atoms with Gasteiger partial charge in [-0.3, -0.25) is 24.2 Å². The number of hydrogen-bond donors (Lipinski definition) is 3. The van der Waals surface area contributed by atoms with Gasteiger partial charge in [0.2, 0.25) is 0 Å². The molecule has 144 valence electrons. The SMILES string of the molecule is O=C(NCN1CCOCC1)c1ccccc1NC1=CC(=O)N(CCO)C1=O. The monoisotopic (exact) mass is 374 g/mol. The lowest BCUT2D eigenvalue weighted by atomic mass is 10.1. The number of β-amino-alcohol motifs (C(OH)–C–C–N with tert-alkyl or cyclic N) is 1. The topological polar surface area (TPSA) is 111 Å². The normalized spacial score (nSPS) is 17.8. The number of nitrogens with one attached hydrogen (secondary N) is 2. The standard InChI is InChI=1S/C18H22N4O5/c23-8-5-22-16(24)11-15(18(22)26)20-14-4-2-1-3-13(14)17(25)19-12-21-6-9-27-10-7-21/h1-4,11,20,23H,5-10,12H2,(H,19,25). The van der Waals surface area contributed by atoms with Gasteiger partial charge >= 0.3 is 0 Å². The molecule has 9 nitrogen and oxygen atoms in total. The fraction of sp³-hybridized carbons (Fsp3) is 0.389. The molecule has 0 aromatic heterocycles. The molecule has 2 heterocycles. The third kappa shape index (κ3) is 4.51. The van der Waals surface area contributed by atoms with E-state index in [-0.39, 0.29) is 24.8 Å². The summed E-state index contributed by atoms with van der Waals surface area (Å²) in [7, 11) is 0. The molecule has 1 fully saturated rings. The van der Waals surface area contributed by atoms with Gasteiger partial charge in [0, 0.05) is 19.2 Å². The first kappa shape index (κ1) is 19.0. The highest BCUT2D eigenvalue weighted by Gasteiger charge is 2.31. The van der Waals surface area contributed by atoms with E-state index in [1.807, 2.05) is 0 Å². The number of imide groups is 1. The van der Waals surface area contributed by atoms with Crippen molar-refractivity contribution in [1.82, 2.24) is 15.1 Å². The van der Waals surface area contributed by atoms with Gasteiger partial charge in [-0.15, -0.1) is 0 Å². The molecule has 1 aromatic rings. The molecule has 1 aromatic carbocycles. The molecule has 3 N–H and O–H groups in total. The van der Waals surface area contributed by atoms with Gasteiger partial charge in [-0.2, -0.15) is 0 Å². The van der Waals surface area contributed by atoms with Crippen LogP contribution in [0.15, 0.2) is 36.0 Å². The lowest BCUT2D eigenvalue weighted by Gasteiger charge is -2.26. The molecule has 0 saturated carbocycles. The number of carbonyl (C=O) groups is 3. The Hall–Kier alpha value is -2.75. The third-order valence-electron chi connectivity index (χ3n) is 4.34. The maximum absolute atomic E-state index is 12.6. The van der Waals surface area contributed by atoms with Crippen molar-refractivity contribution in [1.29, 1.82) is 0 Å². The van der Waals surface area contributed by atoms with E-state index < -0.39 is 11.8 Å². The van der Waals surface area contributed by atoms with Gasteiger partial charge < -0.3 is 20.5 Å². The zero-order chi connectivity index (χ0) is 19.2. The maximum Gasteiger partial charge on any atom is 0.277 e. The highest BCUT2D eigenvalue weighted by atomic mass is 16.5. The summed E-state index contributed by atoms with van der Waals surface area (Å²) in [5.74, 6) is -1.31. The quantitative estimate of drug-likeness (QED) is 0.545. The van der Waals surface area contributed by atoms with E-state index in [4.69, 9.17) is 9.84 Å². The van der Waals surface area contributed by atoms with Crippen LogP contribution in [0.4, 0.5) is 5.69 Å². The third-order valence-corrected chi connectivity index (χ3v) is 4.34. The minimum Gasteiger partial charge on any atom is -0.395 e. The fourth-order valence-corrected chi connectivity index (χ4v) is 2.88. The zero-order valence-corrected chi connectivity index (χ0v) is 14.8. The summed E-state index contributed by atoms with van der Waals surface area (Å²) in [6, 6.07) is 6.76. The minimum atomic E-state index is -0.530. The van der Waals surface area contributed by atoms with Gasteiger partial charge in [0.15, 0.2) is 0 Å². The number of rotatable bonds is 7.